The third-order valence-corrected chi connectivity index (χ3v) is 6.85. The maximum atomic E-state index is 12.9. The van der Waals surface area contributed by atoms with Crippen LogP contribution in [0.2, 0.25) is 0 Å². The summed E-state index contributed by atoms with van der Waals surface area (Å²) in [7, 11) is 0. The molecule has 4 aliphatic heterocycles. The van der Waals surface area contributed by atoms with Gasteiger partial charge in [-0.1, -0.05) is 18.2 Å². The lowest BCUT2D eigenvalue weighted by Gasteiger charge is -2.36. The number of piperidine rings is 2. The van der Waals surface area contributed by atoms with Gasteiger partial charge in [0.15, 0.2) is 0 Å². The van der Waals surface area contributed by atoms with Crippen LogP contribution in [0, 0.1) is 23.7 Å². The molecule has 128 valence electrons. The number of amides is 1. The molecule has 4 nitrogen and oxygen atoms in total. The van der Waals surface area contributed by atoms with E-state index in [9.17, 15) is 4.79 Å². The highest BCUT2D eigenvalue weighted by Gasteiger charge is 2.53. The smallest absolute Gasteiger partial charge is 0.253 e. The van der Waals surface area contributed by atoms with E-state index in [1.807, 2.05) is 30.3 Å². The first kappa shape index (κ1) is 14.9. The minimum absolute atomic E-state index is 0.224. The summed E-state index contributed by atoms with van der Waals surface area (Å²) in [5.41, 5.74) is 0.841. The zero-order valence-electron chi connectivity index (χ0n) is 14.2. The summed E-state index contributed by atoms with van der Waals surface area (Å²) in [5, 5.41) is 3.50. The van der Waals surface area contributed by atoms with E-state index in [4.69, 9.17) is 0 Å². The molecule has 1 aliphatic carbocycles. The topological polar surface area (TPSA) is 35.6 Å². The van der Waals surface area contributed by atoms with Crippen LogP contribution in [-0.4, -0.2) is 61.0 Å². The number of nitrogens with zero attached hydrogens (tertiary/aromatic N) is 2. The Morgan fingerprint density at radius 1 is 1.04 bits per heavy atom. The highest BCUT2D eigenvalue weighted by molar-refractivity contribution is 5.94. The zero-order valence-corrected chi connectivity index (χ0v) is 14.2. The number of hydrogen-bond donors (Lipinski definition) is 1. The van der Waals surface area contributed by atoms with Gasteiger partial charge in [0.1, 0.15) is 0 Å². The molecule has 4 saturated heterocycles. The predicted molar refractivity (Wildman–Crippen MR) is 93.8 cm³/mol. The fourth-order valence-corrected chi connectivity index (χ4v) is 5.42. The van der Waals surface area contributed by atoms with Gasteiger partial charge < -0.3 is 10.2 Å². The van der Waals surface area contributed by atoms with Crippen molar-refractivity contribution >= 4 is 5.91 Å². The van der Waals surface area contributed by atoms with Gasteiger partial charge in [-0.2, -0.15) is 0 Å². The van der Waals surface area contributed by atoms with E-state index in [1.54, 1.807) is 0 Å². The Bertz CT molecular complexity index is 609. The Hall–Kier alpha value is -1.39. The Morgan fingerprint density at radius 2 is 1.83 bits per heavy atom. The highest BCUT2D eigenvalue weighted by atomic mass is 16.2. The molecular formula is C20H27N3O. The van der Waals surface area contributed by atoms with Crippen molar-refractivity contribution in [1.82, 2.24) is 15.1 Å². The van der Waals surface area contributed by atoms with Gasteiger partial charge in [0.25, 0.3) is 5.91 Å². The molecular weight excluding hydrogens is 298 g/mol. The molecule has 5 aliphatic rings. The normalized spacial score (nSPS) is 38.0. The van der Waals surface area contributed by atoms with E-state index >= 15 is 0 Å². The Kier molecular flexibility index (Phi) is 3.64. The monoisotopic (exact) mass is 325 g/mol. The van der Waals surface area contributed by atoms with E-state index in [0.29, 0.717) is 12.0 Å². The second kappa shape index (κ2) is 5.85. The van der Waals surface area contributed by atoms with Gasteiger partial charge >= 0.3 is 0 Å². The molecule has 4 heteroatoms. The van der Waals surface area contributed by atoms with Crippen LogP contribution in [-0.2, 0) is 0 Å². The Labute approximate surface area is 144 Å². The molecule has 5 fully saturated rings. The van der Waals surface area contributed by atoms with Crippen molar-refractivity contribution in [3.05, 3.63) is 35.9 Å². The lowest BCUT2D eigenvalue weighted by atomic mass is 9.94. The van der Waals surface area contributed by atoms with Crippen LogP contribution in [0.1, 0.15) is 23.2 Å². The van der Waals surface area contributed by atoms with E-state index in [-0.39, 0.29) is 5.91 Å². The first-order chi connectivity index (χ1) is 11.8. The lowest BCUT2D eigenvalue weighted by molar-refractivity contribution is 0.0735. The first-order valence-electron chi connectivity index (χ1n) is 9.58. The van der Waals surface area contributed by atoms with Crippen molar-refractivity contribution in [3.63, 3.8) is 0 Å². The molecule has 1 unspecified atom stereocenters. The summed E-state index contributed by atoms with van der Waals surface area (Å²) in [6, 6.07) is 10.4. The third-order valence-electron chi connectivity index (χ3n) is 6.85. The summed E-state index contributed by atoms with van der Waals surface area (Å²) in [5.74, 6) is 3.68. The minimum Gasteiger partial charge on any atom is -0.337 e. The van der Waals surface area contributed by atoms with Gasteiger partial charge in [0.05, 0.1) is 0 Å². The van der Waals surface area contributed by atoms with Crippen LogP contribution in [0.5, 0.6) is 0 Å². The molecule has 1 aromatic rings. The minimum atomic E-state index is 0.224. The predicted octanol–water partition coefficient (Wildman–Crippen LogP) is 1.69. The van der Waals surface area contributed by atoms with E-state index in [2.05, 4.69) is 15.1 Å². The lowest BCUT2D eigenvalue weighted by Crippen LogP contribution is -2.45. The van der Waals surface area contributed by atoms with E-state index < -0.39 is 0 Å². The van der Waals surface area contributed by atoms with E-state index in [1.165, 1.54) is 39.0 Å². The quantitative estimate of drug-likeness (QED) is 0.919. The first-order valence-corrected chi connectivity index (χ1v) is 9.58. The molecule has 1 N–H and O–H groups in total. The summed E-state index contributed by atoms with van der Waals surface area (Å²) >= 11 is 0. The molecule has 0 radical (unpaired) electrons. The zero-order chi connectivity index (χ0) is 16.1. The molecule has 1 saturated carbocycles. The van der Waals surface area contributed by atoms with Crippen molar-refractivity contribution in [2.45, 2.75) is 18.9 Å². The number of benzene rings is 1. The standard InChI is InChI=1S/C20H27N3O/c24-20(15-4-2-1-3-5-15)23-11-14-6-7-16(12-23)22(10-14)13-19-17-8-21-9-18(17)19/h1-5,14,16-19,21H,6-13H2/t14-,16-,17-,18+,19?/m0/s1. The highest BCUT2D eigenvalue weighted by Crippen LogP contribution is 2.49. The largest absolute Gasteiger partial charge is 0.337 e. The van der Waals surface area contributed by atoms with Gasteiger partial charge in [-0.25, -0.2) is 0 Å². The van der Waals surface area contributed by atoms with Crippen molar-refractivity contribution in [2.75, 3.05) is 39.3 Å². The number of rotatable bonds is 3. The van der Waals surface area contributed by atoms with Gasteiger partial charge in [0.2, 0.25) is 0 Å². The third kappa shape index (κ3) is 2.56. The van der Waals surface area contributed by atoms with Gasteiger partial charge in [-0.3, -0.25) is 9.69 Å². The number of hydrogen-bond acceptors (Lipinski definition) is 3. The molecule has 2 bridgehead atoms. The Balaban J connectivity index is 1.28. The molecule has 4 heterocycles. The van der Waals surface area contributed by atoms with Crippen molar-refractivity contribution in [2.24, 2.45) is 23.7 Å². The van der Waals surface area contributed by atoms with Crippen LogP contribution in [0.25, 0.3) is 0 Å². The summed E-state index contributed by atoms with van der Waals surface area (Å²) in [6.45, 7) is 6.80. The summed E-state index contributed by atoms with van der Waals surface area (Å²) in [6.07, 6.45) is 2.56. The molecule has 6 rings (SSSR count). The fraction of sp³-hybridized carbons (Fsp3) is 0.650. The molecule has 0 aromatic heterocycles. The van der Waals surface area contributed by atoms with E-state index in [0.717, 1.165) is 36.4 Å². The maximum Gasteiger partial charge on any atom is 0.253 e. The molecule has 24 heavy (non-hydrogen) atoms. The van der Waals surface area contributed by atoms with Gasteiger partial charge in [-0.05, 0) is 61.7 Å². The molecule has 0 spiro atoms. The Morgan fingerprint density at radius 3 is 2.62 bits per heavy atom. The molecule has 5 atom stereocenters. The summed E-state index contributed by atoms with van der Waals surface area (Å²) < 4.78 is 0. The number of carbonyl (C=O) groups excluding carboxylic acids is 1. The van der Waals surface area contributed by atoms with Crippen LogP contribution < -0.4 is 5.32 Å². The SMILES string of the molecule is O=C(c1ccccc1)N1C[C@H]2CC[C@@H](C1)N(CC1[C@H]3CNC[C@@H]13)C2. The average molecular weight is 325 g/mol. The fourth-order valence-electron chi connectivity index (χ4n) is 5.42. The van der Waals surface area contributed by atoms with Crippen LogP contribution >= 0.6 is 0 Å². The van der Waals surface area contributed by atoms with Crippen LogP contribution in [0.3, 0.4) is 0 Å². The second-order valence-electron chi connectivity index (χ2n) is 8.28. The molecule has 1 aromatic carbocycles. The van der Waals surface area contributed by atoms with Gasteiger partial charge in [0, 0.05) is 37.8 Å². The number of fused-ring (bicyclic) bond motifs is 5. The molecule has 1 amide bonds. The second-order valence-corrected chi connectivity index (χ2v) is 8.28. The van der Waals surface area contributed by atoms with Crippen molar-refractivity contribution in [3.8, 4) is 0 Å². The van der Waals surface area contributed by atoms with Crippen molar-refractivity contribution in [1.29, 1.82) is 0 Å². The van der Waals surface area contributed by atoms with Gasteiger partial charge in [-0.15, -0.1) is 0 Å². The van der Waals surface area contributed by atoms with Crippen molar-refractivity contribution < 1.29 is 4.79 Å². The maximum absolute atomic E-state index is 12.9. The van der Waals surface area contributed by atoms with Crippen LogP contribution in [0.4, 0.5) is 0 Å². The summed E-state index contributed by atoms with van der Waals surface area (Å²) in [4.78, 5) is 17.7. The average Bonchev–Trinajstić information content (AvgIpc) is 3.17. The number of nitrogens with one attached hydrogen (secondary N) is 1. The van der Waals surface area contributed by atoms with Crippen LogP contribution in [0.15, 0.2) is 30.3 Å². The number of carbonyl (C=O) groups is 1.